The summed E-state index contributed by atoms with van der Waals surface area (Å²) in [6.07, 6.45) is 7.76. The molecular formula is C11H17NO3S. The van der Waals surface area contributed by atoms with Gasteiger partial charge in [-0.1, -0.05) is 32.1 Å². The van der Waals surface area contributed by atoms with Gasteiger partial charge in [0.25, 0.3) is 0 Å². The first-order chi connectivity index (χ1) is 7.02. The van der Waals surface area contributed by atoms with E-state index in [1.54, 1.807) is 12.2 Å². The standard InChI is InChI=1S/C11H17NO3S/c1-10(2)5-4-9(16(12,14)15)8-11(3,13)7-6-10/h4-8,13H,1-3H3,(H2,12,14,15)/b5-4-,7-6-,9-8+. The van der Waals surface area contributed by atoms with Crippen molar-refractivity contribution in [2.24, 2.45) is 10.6 Å². The molecule has 4 nitrogen and oxygen atoms in total. The highest BCUT2D eigenvalue weighted by Gasteiger charge is 2.23. The Morgan fingerprint density at radius 1 is 1.19 bits per heavy atom. The molecule has 1 unspecified atom stereocenters. The van der Waals surface area contributed by atoms with E-state index < -0.39 is 15.6 Å². The number of sulfonamides is 1. The molecule has 1 aliphatic rings. The molecule has 0 saturated heterocycles. The zero-order chi connectivity index (χ0) is 12.6. The van der Waals surface area contributed by atoms with Crippen molar-refractivity contribution in [2.45, 2.75) is 26.4 Å². The van der Waals surface area contributed by atoms with E-state index in [2.05, 4.69) is 0 Å². The maximum absolute atomic E-state index is 11.3. The second-order valence-corrected chi connectivity index (χ2v) is 6.37. The van der Waals surface area contributed by atoms with Crippen LogP contribution in [0, 0.1) is 5.41 Å². The molecule has 1 aliphatic carbocycles. The van der Waals surface area contributed by atoms with Gasteiger partial charge in [0, 0.05) is 5.41 Å². The van der Waals surface area contributed by atoms with Gasteiger partial charge in [-0.15, -0.1) is 0 Å². The van der Waals surface area contributed by atoms with Crippen molar-refractivity contribution in [3.05, 3.63) is 35.3 Å². The molecule has 16 heavy (non-hydrogen) atoms. The number of allylic oxidation sites excluding steroid dienone is 3. The molecule has 90 valence electrons. The predicted molar refractivity (Wildman–Crippen MR) is 63.9 cm³/mol. The maximum Gasteiger partial charge on any atom is 0.237 e. The van der Waals surface area contributed by atoms with Gasteiger partial charge in [-0.05, 0) is 19.1 Å². The quantitative estimate of drug-likeness (QED) is 0.676. The van der Waals surface area contributed by atoms with Gasteiger partial charge in [-0.3, -0.25) is 0 Å². The molecule has 3 N–H and O–H groups in total. The minimum Gasteiger partial charge on any atom is -0.382 e. The van der Waals surface area contributed by atoms with Crippen LogP contribution in [0.5, 0.6) is 0 Å². The summed E-state index contributed by atoms with van der Waals surface area (Å²) in [4.78, 5) is -0.0741. The molecule has 0 fully saturated rings. The highest BCUT2D eigenvalue weighted by molar-refractivity contribution is 7.93. The summed E-state index contributed by atoms with van der Waals surface area (Å²) in [6, 6.07) is 0. The minimum atomic E-state index is -3.81. The number of hydrogen-bond donors (Lipinski definition) is 2. The average Bonchev–Trinajstić information content (AvgIpc) is 2.06. The fourth-order valence-electron chi connectivity index (χ4n) is 1.30. The largest absolute Gasteiger partial charge is 0.382 e. The Morgan fingerprint density at radius 2 is 1.75 bits per heavy atom. The average molecular weight is 243 g/mol. The molecule has 0 amide bonds. The SMILES string of the molecule is CC1(C)/C=C\C(S(N)(=O)=O)=C/C(C)(O)/C=C\1. The van der Waals surface area contributed by atoms with Gasteiger partial charge in [-0.2, -0.15) is 0 Å². The van der Waals surface area contributed by atoms with Crippen LogP contribution in [0.3, 0.4) is 0 Å². The van der Waals surface area contributed by atoms with Crippen molar-refractivity contribution < 1.29 is 13.5 Å². The van der Waals surface area contributed by atoms with Crippen molar-refractivity contribution in [1.29, 1.82) is 0 Å². The summed E-state index contributed by atoms with van der Waals surface area (Å²) >= 11 is 0. The molecule has 0 aromatic heterocycles. The molecule has 0 aromatic rings. The summed E-state index contributed by atoms with van der Waals surface area (Å²) in [7, 11) is -3.81. The lowest BCUT2D eigenvalue weighted by molar-refractivity contribution is 0.162. The second-order valence-electron chi connectivity index (χ2n) is 4.81. The van der Waals surface area contributed by atoms with Crippen molar-refractivity contribution >= 4 is 10.0 Å². The van der Waals surface area contributed by atoms with Gasteiger partial charge in [0.1, 0.15) is 0 Å². The zero-order valence-corrected chi connectivity index (χ0v) is 10.5. The summed E-state index contributed by atoms with van der Waals surface area (Å²) in [5, 5.41) is 15.0. The van der Waals surface area contributed by atoms with E-state index in [9.17, 15) is 13.5 Å². The molecule has 0 heterocycles. The Balaban J connectivity index is 3.36. The number of aliphatic hydroxyl groups is 1. The molecule has 0 spiro atoms. The van der Waals surface area contributed by atoms with E-state index in [1.807, 2.05) is 19.9 Å². The molecule has 1 rings (SSSR count). The van der Waals surface area contributed by atoms with Crippen LogP contribution in [-0.2, 0) is 10.0 Å². The monoisotopic (exact) mass is 243 g/mol. The fourth-order valence-corrected chi connectivity index (χ4v) is 1.96. The van der Waals surface area contributed by atoms with E-state index >= 15 is 0 Å². The van der Waals surface area contributed by atoms with Crippen LogP contribution in [-0.4, -0.2) is 19.1 Å². The normalized spacial score (nSPS) is 36.7. The van der Waals surface area contributed by atoms with Crippen LogP contribution >= 0.6 is 0 Å². The highest BCUT2D eigenvalue weighted by atomic mass is 32.2. The lowest BCUT2D eigenvalue weighted by Gasteiger charge is -2.22. The van der Waals surface area contributed by atoms with Gasteiger partial charge < -0.3 is 5.11 Å². The van der Waals surface area contributed by atoms with Gasteiger partial charge >= 0.3 is 0 Å². The van der Waals surface area contributed by atoms with Crippen LogP contribution in [0.15, 0.2) is 35.3 Å². The first-order valence-electron chi connectivity index (χ1n) is 4.90. The molecular weight excluding hydrogens is 226 g/mol. The number of nitrogens with two attached hydrogens (primary N) is 1. The Morgan fingerprint density at radius 3 is 2.25 bits per heavy atom. The van der Waals surface area contributed by atoms with E-state index in [0.29, 0.717) is 0 Å². The first kappa shape index (κ1) is 13.2. The zero-order valence-electron chi connectivity index (χ0n) is 9.64. The topological polar surface area (TPSA) is 80.4 Å². The lowest BCUT2D eigenvalue weighted by atomic mass is 9.88. The van der Waals surface area contributed by atoms with Crippen molar-refractivity contribution in [2.75, 3.05) is 0 Å². The molecule has 1 atom stereocenters. The van der Waals surface area contributed by atoms with Crippen molar-refractivity contribution in [3.8, 4) is 0 Å². The van der Waals surface area contributed by atoms with Gasteiger partial charge in [0.2, 0.25) is 10.0 Å². The summed E-state index contributed by atoms with van der Waals surface area (Å²) in [6.45, 7) is 5.31. The number of primary sulfonamides is 1. The first-order valence-corrected chi connectivity index (χ1v) is 6.44. The van der Waals surface area contributed by atoms with E-state index in [4.69, 9.17) is 5.14 Å². The van der Waals surface area contributed by atoms with Crippen LogP contribution in [0.25, 0.3) is 0 Å². The fraction of sp³-hybridized carbons (Fsp3) is 0.455. The molecule has 0 aliphatic heterocycles. The van der Waals surface area contributed by atoms with Crippen LogP contribution in [0.1, 0.15) is 20.8 Å². The van der Waals surface area contributed by atoms with Crippen LogP contribution in [0.4, 0.5) is 0 Å². The minimum absolute atomic E-state index is 0.0741. The Labute approximate surface area is 96.2 Å². The third-order valence-corrected chi connectivity index (χ3v) is 3.20. The summed E-state index contributed by atoms with van der Waals surface area (Å²) < 4.78 is 22.5. The van der Waals surface area contributed by atoms with Crippen LogP contribution in [0.2, 0.25) is 0 Å². The Bertz CT molecular complexity index is 467. The molecule has 0 radical (unpaired) electrons. The molecule has 0 saturated carbocycles. The smallest absolute Gasteiger partial charge is 0.237 e. The number of hydrogen-bond acceptors (Lipinski definition) is 3. The number of rotatable bonds is 1. The highest BCUT2D eigenvalue weighted by Crippen LogP contribution is 2.26. The predicted octanol–water partition coefficient (Wildman–Crippen LogP) is 1.06. The van der Waals surface area contributed by atoms with Gasteiger partial charge in [-0.25, -0.2) is 13.6 Å². The Hall–Kier alpha value is -0.910. The Kier molecular flexibility index (Phi) is 3.15. The van der Waals surface area contributed by atoms with Crippen molar-refractivity contribution in [3.63, 3.8) is 0 Å². The van der Waals surface area contributed by atoms with E-state index in [-0.39, 0.29) is 10.3 Å². The van der Waals surface area contributed by atoms with Gasteiger partial charge in [0.15, 0.2) is 0 Å². The van der Waals surface area contributed by atoms with Crippen molar-refractivity contribution in [1.82, 2.24) is 0 Å². The third-order valence-electron chi connectivity index (χ3n) is 2.29. The third kappa shape index (κ3) is 3.59. The maximum atomic E-state index is 11.3. The van der Waals surface area contributed by atoms with Crippen LogP contribution < -0.4 is 5.14 Å². The lowest BCUT2D eigenvalue weighted by Crippen LogP contribution is -2.24. The molecule has 5 heteroatoms. The molecule has 0 aromatic carbocycles. The molecule has 0 bridgehead atoms. The van der Waals surface area contributed by atoms with E-state index in [1.165, 1.54) is 19.1 Å². The second kappa shape index (κ2) is 3.84. The van der Waals surface area contributed by atoms with E-state index in [0.717, 1.165) is 0 Å². The van der Waals surface area contributed by atoms with Gasteiger partial charge in [0.05, 0.1) is 10.5 Å². The summed E-state index contributed by atoms with van der Waals surface area (Å²) in [5.74, 6) is 0. The summed E-state index contributed by atoms with van der Waals surface area (Å²) in [5.41, 5.74) is -1.64.